The van der Waals surface area contributed by atoms with Crippen LogP contribution in [0.3, 0.4) is 0 Å². The molecular weight excluding hydrogens is 236 g/mol. The second-order valence-corrected chi connectivity index (χ2v) is 4.39. The third-order valence-electron chi connectivity index (χ3n) is 3.16. The molecule has 18 heavy (non-hydrogen) atoms. The van der Waals surface area contributed by atoms with Crippen LogP contribution in [0.15, 0.2) is 12.4 Å². The molecule has 3 N–H and O–H groups in total. The van der Waals surface area contributed by atoms with Crippen LogP contribution in [0.1, 0.15) is 31.4 Å². The highest BCUT2D eigenvalue weighted by atomic mass is 16.4. The highest BCUT2D eigenvalue weighted by molar-refractivity contribution is 5.83. The van der Waals surface area contributed by atoms with E-state index in [1.165, 1.54) is 4.90 Å². The maximum absolute atomic E-state index is 12.0. The van der Waals surface area contributed by atoms with Crippen LogP contribution in [0.4, 0.5) is 4.79 Å². The normalized spacial score (nSPS) is 20.7. The fourth-order valence-corrected chi connectivity index (χ4v) is 2.12. The number of hydrogen-bond acceptors (Lipinski definition) is 3. The minimum Gasteiger partial charge on any atom is -0.480 e. The highest BCUT2D eigenvalue weighted by Gasteiger charge is 2.34. The number of carboxylic acids is 1. The van der Waals surface area contributed by atoms with Gasteiger partial charge in [0.15, 0.2) is 0 Å². The van der Waals surface area contributed by atoms with E-state index in [4.69, 9.17) is 5.11 Å². The standard InChI is InChI=1S/C11H16N4O3/c1-7(8-5-12-13-6-8)14-11(18)15-4-2-3-9(15)10(16)17/h5-7,9H,2-4H2,1H3,(H,12,13)(H,14,18)(H,16,17). The van der Waals surface area contributed by atoms with Crippen LogP contribution in [0.5, 0.6) is 0 Å². The SMILES string of the molecule is CC(NC(=O)N1CCCC1C(=O)O)c1cn[nH]c1. The molecule has 0 aromatic carbocycles. The van der Waals surface area contributed by atoms with Crippen molar-refractivity contribution in [2.75, 3.05) is 6.54 Å². The second-order valence-electron chi connectivity index (χ2n) is 4.39. The van der Waals surface area contributed by atoms with E-state index in [9.17, 15) is 9.59 Å². The number of rotatable bonds is 3. The zero-order chi connectivity index (χ0) is 13.1. The summed E-state index contributed by atoms with van der Waals surface area (Å²) >= 11 is 0. The molecule has 2 unspecified atom stereocenters. The molecular formula is C11H16N4O3. The van der Waals surface area contributed by atoms with E-state index in [0.29, 0.717) is 13.0 Å². The summed E-state index contributed by atoms with van der Waals surface area (Å²) < 4.78 is 0. The summed E-state index contributed by atoms with van der Waals surface area (Å²) in [5.41, 5.74) is 0.856. The first kappa shape index (κ1) is 12.4. The molecule has 2 amide bonds. The van der Waals surface area contributed by atoms with E-state index < -0.39 is 12.0 Å². The second kappa shape index (κ2) is 5.07. The number of nitrogens with one attached hydrogen (secondary N) is 2. The average molecular weight is 252 g/mol. The molecule has 2 atom stereocenters. The lowest BCUT2D eigenvalue weighted by atomic mass is 10.2. The molecule has 2 rings (SSSR count). The Morgan fingerprint density at radius 1 is 1.67 bits per heavy atom. The van der Waals surface area contributed by atoms with Gasteiger partial charge >= 0.3 is 12.0 Å². The first-order valence-electron chi connectivity index (χ1n) is 5.88. The molecule has 0 bridgehead atoms. The van der Waals surface area contributed by atoms with Crippen molar-refractivity contribution in [3.8, 4) is 0 Å². The Morgan fingerprint density at radius 3 is 3.06 bits per heavy atom. The van der Waals surface area contributed by atoms with Gasteiger partial charge in [0.1, 0.15) is 6.04 Å². The largest absolute Gasteiger partial charge is 0.480 e. The summed E-state index contributed by atoms with van der Waals surface area (Å²) in [6.07, 6.45) is 4.57. The van der Waals surface area contributed by atoms with Crippen LogP contribution in [0, 0.1) is 0 Å². The molecule has 7 nitrogen and oxygen atoms in total. The number of aromatic amines is 1. The molecule has 1 aromatic rings. The van der Waals surface area contributed by atoms with Gasteiger partial charge in [-0.05, 0) is 19.8 Å². The van der Waals surface area contributed by atoms with Crippen molar-refractivity contribution in [3.63, 3.8) is 0 Å². The molecule has 7 heteroatoms. The lowest BCUT2D eigenvalue weighted by Crippen LogP contribution is -2.46. The van der Waals surface area contributed by atoms with Crippen molar-refractivity contribution in [2.24, 2.45) is 0 Å². The number of aliphatic carboxylic acids is 1. The third-order valence-corrected chi connectivity index (χ3v) is 3.16. The first-order chi connectivity index (χ1) is 8.59. The van der Waals surface area contributed by atoms with E-state index in [0.717, 1.165) is 12.0 Å². The van der Waals surface area contributed by atoms with Crippen molar-refractivity contribution in [1.29, 1.82) is 0 Å². The van der Waals surface area contributed by atoms with Crippen LogP contribution < -0.4 is 5.32 Å². The molecule has 0 radical (unpaired) electrons. The number of amides is 2. The Balaban J connectivity index is 1.97. The summed E-state index contributed by atoms with van der Waals surface area (Å²) in [5, 5.41) is 18.3. The molecule has 98 valence electrons. The van der Waals surface area contributed by atoms with Crippen LogP contribution in [0.2, 0.25) is 0 Å². The molecule has 1 saturated heterocycles. The number of carbonyl (C=O) groups is 2. The summed E-state index contributed by atoms with van der Waals surface area (Å²) in [7, 11) is 0. The molecule has 1 aromatic heterocycles. The molecule has 0 aliphatic carbocycles. The Labute approximate surface area is 104 Å². The number of urea groups is 1. The minimum absolute atomic E-state index is 0.203. The zero-order valence-electron chi connectivity index (χ0n) is 10.1. The van der Waals surface area contributed by atoms with Crippen molar-refractivity contribution in [3.05, 3.63) is 18.0 Å². The first-order valence-corrected chi connectivity index (χ1v) is 5.88. The number of nitrogens with zero attached hydrogens (tertiary/aromatic N) is 2. The van der Waals surface area contributed by atoms with E-state index in [-0.39, 0.29) is 12.1 Å². The minimum atomic E-state index is -0.946. The van der Waals surface area contributed by atoms with Gasteiger partial charge in [0.25, 0.3) is 0 Å². The summed E-state index contributed by atoms with van der Waals surface area (Å²) in [4.78, 5) is 24.4. The van der Waals surface area contributed by atoms with E-state index in [1.54, 1.807) is 12.4 Å². The molecule has 1 fully saturated rings. The Morgan fingerprint density at radius 2 is 2.44 bits per heavy atom. The van der Waals surface area contributed by atoms with Crippen LogP contribution >= 0.6 is 0 Å². The van der Waals surface area contributed by atoms with Crippen LogP contribution in [0.25, 0.3) is 0 Å². The maximum atomic E-state index is 12.0. The van der Waals surface area contributed by atoms with Crippen molar-refractivity contribution < 1.29 is 14.7 Å². The van der Waals surface area contributed by atoms with Gasteiger partial charge in [-0.15, -0.1) is 0 Å². The number of aromatic nitrogens is 2. The van der Waals surface area contributed by atoms with Gasteiger partial charge < -0.3 is 15.3 Å². The lowest BCUT2D eigenvalue weighted by molar-refractivity contribution is -0.141. The predicted octanol–water partition coefficient (Wildman–Crippen LogP) is 0.729. The molecule has 1 aliphatic heterocycles. The molecule has 2 heterocycles. The van der Waals surface area contributed by atoms with Gasteiger partial charge in [-0.1, -0.05) is 0 Å². The zero-order valence-corrected chi connectivity index (χ0v) is 10.1. The van der Waals surface area contributed by atoms with Gasteiger partial charge in [-0.25, -0.2) is 9.59 Å². The maximum Gasteiger partial charge on any atom is 0.326 e. The van der Waals surface area contributed by atoms with Gasteiger partial charge in [0.05, 0.1) is 12.2 Å². The van der Waals surface area contributed by atoms with E-state index >= 15 is 0 Å². The fourth-order valence-electron chi connectivity index (χ4n) is 2.12. The van der Waals surface area contributed by atoms with E-state index in [1.807, 2.05) is 6.92 Å². The number of H-pyrrole nitrogens is 1. The fraction of sp³-hybridized carbons (Fsp3) is 0.545. The quantitative estimate of drug-likeness (QED) is 0.738. The Bertz CT molecular complexity index is 432. The van der Waals surface area contributed by atoms with Crippen molar-refractivity contribution >= 4 is 12.0 Å². The number of likely N-dealkylation sites (tertiary alicyclic amines) is 1. The van der Waals surface area contributed by atoms with Gasteiger partial charge in [-0.2, -0.15) is 5.10 Å². The van der Waals surface area contributed by atoms with Crippen molar-refractivity contribution in [1.82, 2.24) is 20.4 Å². The molecule has 0 spiro atoms. The lowest BCUT2D eigenvalue weighted by Gasteiger charge is -2.23. The van der Waals surface area contributed by atoms with Gasteiger partial charge in [0, 0.05) is 18.3 Å². The monoisotopic (exact) mass is 252 g/mol. The number of carboxylic acid groups (broad SMARTS) is 1. The Hall–Kier alpha value is -2.05. The summed E-state index contributed by atoms with van der Waals surface area (Å²) in [6, 6.07) is -1.25. The Kier molecular flexibility index (Phi) is 3.50. The van der Waals surface area contributed by atoms with Gasteiger partial charge in [-0.3, -0.25) is 5.10 Å². The average Bonchev–Trinajstić information content (AvgIpc) is 3.00. The smallest absolute Gasteiger partial charge is 0.326 e. The summed E-state index contributed by atoms with van der Waals surface area (Å²) in [6.45, 7) is 2.31. The molecule has 0 saturated carbocycles. The number of carbonyl (C=O) groups excluding carboxylic acids is 1. The van der Waals surface area contributed by atoms with Crippen molar-refractivity contribution in [2.45, 2.75) is 31.8 Å². The summed E-state index contributed by atoms with van der Waals surface area (Å²) in [5.74, 6) is -0.946. The topological polar surface area (TPSA) is 98.3 Å². The van der Waals surface area contributed by atoms with Crippen LogP contribution in [-0.4, -0.2) is 44.8 Å². The molecule has 1 aliphatic rings. The highest BCUT2D eigenvalue weighted by Crippen LogP contribution is 2.18. The third kappa shape index (κ3) is 2.44. The number of hydrogen-bond donors (Lipinski definition) is 3. The van der Waals surface area contributed by atoms with Crippen LogP contribution in [-0.2, 0) is 4.79 Å². The van der Waals surface area contributed by atoms with E-state index in [2.05, 4.69) is 15.5 Å². The predicted molar refractivity (Wildman–Crippen MR) is 62.9 cm³/mol. The van der Waals surface area contributed by atoms with Gasteiger partial charge in [0.2, 0.25) is 0 Å².